The predicted molar refractivity (Wildman–Crippen MR) is 94.3 cm³/mol. The quantitative estimate of drug-likeness (QED) is 0.451. The fraction of sp³-hybridized carbons (Fsp3) is 0.929. The van der Waals surface area contributed by atoms with E-state index in [-0.39, 0.29) is 24.0 Å². The van der Waals surface area contributed by atoms with Crippen LogP contribution in [0.2, 0.25) is 0 Å². The molecule has 1 rings (SSSR count). The van der Waals surface area contributed by atoms with Gasteiger partial charge in [0.15, 0.2) is 5.96 Å². The van der Waals surface area contributed by atoms with Crippen LogP contribution < -0.4 is 5.73 Å². The molecule has 0 saturated carbocycles. The van der Waals surface area contributed by atoms with E-state index in [9.17, 15) is 0 Å². The lowest BCUT2D eigenvalue weighted by Gasteiger charge is -2.29. The zero-order chi connectivity index (χ0) is 13.5. The fourth-order valence-electron chi connectivity index (χ4n) is 2.41. The van der Waals surface area contributed by atoms with Crippen molar-refractivity contribution >= 4 is 29.9 Å². The number of likely N-dealkylation sites (tertiary alicyclic amines) is 1. The van der Waals surface area contributed by atoms with Crippen molar-refractivity contribution in [1.29, 1.82) is 0 Å². The van der Waals surface area contributed by atoms with Crippen LogP contribution in [0.4, 0.5) is 0 Å². The van der Waals surface area contributed by atoms with Gasteiger partial charge in [-0.15, -0.1) is 24.0 Å². The first-order valence-electron chi connectivity index (χ1n) is 7.22. The molecule has 2 N–H and O–H groups in total. The molecule has 0 aromatic carbocycles. The molecule has 0 aromatic heterocycles. The molecule has 5 heteroatoms. The SMILES string of the molecule is CC(C)CC(CN=C(N)N1CCCCC1)N(C)C.I. The lowest BCUT2D eigenvalue weighted by atomic mass is 10.0. The average molecular weight is 382 g/mol. The molecule has 0 amide bonds. The third-order valence-electron chi connectivity index (χ3n) is 3.62. The molecule has 1 aliphatic heterocycles. The first-order chi connectivity index (χ1) is 8.50. The third-order valence-corrected chi connectivity index (χ3v) is 3.62. The first-order valence-corrected chi connectivity index (χ1v) is 7.22. The molecule has 0 bridgehead atoms. The van der Waals surface area contributed by atoms with E-state index in [0.717, 1.165) is 25.6 Å². The number of piperidine rings is 1. The maximum Gasteiger partial charge on any atom is 0.191 e. The number of guanidine groups is 1. The van der Waals surface area contributed by atoms with E-state index in [2.05, 4.69) is 42.7 Å². The van der Waals surface area contributed by atoms with E-state index >= 15 is 0 Å². The van der Waals surface area contributed by atoms with Gasteiger partial charge in [0.05, 0.1) is 6.54 Å². The molecular weight excluding hydrogens is 351 g/mol. The summed E-state index contributed by atoms with van der Waals surface area (Å²) >= 11 is 0. The minimum absolute atomic E-state index is 0. The smallest absolute Gasteiger partial charge is 0.191 e. The number of rotatable bonds is 5. The van der Waals surface area contributed by atoms with Crippen LogP contribution >= 0.6 is 24.0 Å². The van der Waals surface area contributed by atoms with Gasteiger partial charge in [-0.2, -0.15) is 0 Å². The molecule has 1 atom stereocenters. The van der Waals surface area contributed by atoms with E-state index in [1.54, 1.807) is 0 Å². The molecule has 1 fully saturated rings. The number of hydrogen-bond acceptors (Lipinski definition) is 2. The standard InChI is InChI=1S/C14H30N4.HI/c1-12(2)10-13(17(3)4)11-16-14(15)18-8-6-5-7-9-18;/h12-13H,5-11H2,1-4H3,(H2,15,16);1H. The predicted octanol–water partition coefficient (Wildman–Crippen LogP) is 2.38. The summed E-state index contributed by atoms with van der Waals surface area (Å²) in [6, 6.07) is 0.494. The van der Waals surface area contributed by atoms with E-state index in [1.165, 1.54) is 25.7 Å². The Hall–Kier alpha value is -0.0400. The summed E-state index contributed by atoms with van der Waals surface area (Å²) in [5.74, 6) is 1.44. The number of nitrogens with two attached hydrogens (primary N) is 1. The Morgan fingerprint density at radius 2 is 1.79 bits per heavy atom. The van der Waals surface area contributed by atoms with Gasteiger partial charge in [0.25, 0.3) is 0 Å². The van der Waals surface area contributed by atoms with Gasteiger partial charge in [0, 0.05) is 19.1 Å². The van der Waals surface area contributed by atoms with Crippen molar-refractivity contribution < 1.29 is 0 Å². The van der Waals surface area contributed by atoms with Crippen molar-refractivity contribution in [2.24, 2.45) is 16.6 Å². The molecule has 4 nitrogen and oxygen atoms in total. The Morgan fingerprint density at radius 1 is 1.21 bits per heavy atom. The molecule has 19 heavy (non-hydrogen) atoms. The topological polar surface area (TPSA) is 44.9 Å². The maximum atomic E-state index is 6.09. The average Bonchev–Trinajstić information content (AvgIpc) is 2.34. The highest BCUT2D eigenvalue weighted by Gasteiger charge is 2.15. The van der Waals surface area contributed by atoms with Gasteiger partial charge in [-0.1, -0.05) is 13.8 Å². The van der Waals surface area contributed by atoms with E-state index in [4.69, 9.17) is 5.73 Å². The van der Waals surface area contributed by atoms with E-state index < -0.39 is 0 Å². The van der Waals surface area contributed by atoms with Gasteiger partial charge < -0.3 is 15.5 Å². The Kier molecular flexibility index (Phi) is 9.78. The van der Waals surface area contributed by atoms with Crippen molar-refractivity contribution in [2.75, 3.05) is 33.7 Å². The highest BCUT2D eigenvalue weighted by molar-refractivity contribution is 14.0. The third kappa shape index (κ3) is 7.34. The monoisotopic (exact) mass is 382 g/mol. The van der Waals surface area contributed by atoms with Crippen LogP contribution in [0.25, 0.3) is 0 Å². The number of nitrogens with zero attached hydrogens (tertiary/aromatic N) is 3. The summed E-state index contributed by atoms with van der Waals surface area (Å²) in [4.78, 5) is 9.09. The van der Waals surface area contributed by atoms with Crippen LogP contribution in [0.1, 0.15) is 39.5 Å². The van der Waals surface area contributed by atoms with Crippen molar-refractivity contribution in [1.82, 2.24) is 9.80 Å². The summed E-state index contributed by atoms with van der Waals surface area (Å²) in [6.07, 6.45) is 5.00. The van der Waals surface area contributed by atoms with Crippen LogP contribution in [0.5, 0.6) is 0 Å². The second kappa shape index (κ2) is 9.80. The molecule has 1 heterocycles. The zero-order valence-corrected chi connectivity index (χ0v) is 15.3. The number of halogens is 1. The highest BCUT2D eigenvalue weighted by atomic mass is 127. The maximum absolute atomic E-state index is 6.09. The van der Waals surface area contributed by atoms with E-state index in [0.29, 0.717) is 12.0 Å². The van der Waals surface area contributed by atoms with Crippen molar-refractivity contribution in [3.8, 4) is 0 Å². The molecule has 0 radical (unpaired) electrons. The normalized spacial score (nSPS) is 18.6. The minimum Gasteiger partial charge on any atom is -0.370 e. The largest absolute Gasteiger partial charge is 0.370 e. The van der Waals surface area contributed by atoms with Crippen LogP contribution in [0, 0.1) is 5.92 Å². The summed E-state index contributed by atoms with van der Waals surface area (Å²) < 4.78 is 0. The molecule has 1 saturated heterocycles. The van der Waals surface area contributed by atoms with Gasteiger partial charge >= 0.3 is 0 Å². The second-order valence-corrected chi connectivity index (χ2v) is 5.99. The summed E-state index contributed by atoms with van der Waals surface area (Å²) in [5.41, 5.74) is 6.09. The van der Waals surface area contributed by atoms with Crippen LogP contribution in [-0.2, 0) is 0 Å². The van der Waals surface area contributed by atoms with Gasteiger partial charge in [0.2, 0.25) is 0 Å². The number of likely N-dealkylation sites (N-methyl/N-ethyl adjacent to an activating group) is 1. The summed E-state index contributed by atoms with van der Waals surface area (Å²) in [7, 11) is 4.25. The summed E-state index contributed by atoms with van der Waals surface area (Å²) in [6.45, 7) is 7.48. The van der Waals surface area contributed by atoms with Crippen LogP contribution in [0.15, 0.2) is 4.99 Å². The summed E-state index contributed by atoms with van der Waals surface area (Å²) in [5, 5.41) is 0. The van der Waals surface area contributed by atoms with Crippen LogP contribution in [0.3, 0.4) is 0 Å². The van der Waals surface area contributed by atoms with Gasteiger partial charge in [-0.05, 0) is 45.7 Å². The Balaban J connectivity index is 0.00000324. The van der Waals surface area contributed by atoms with Gasteiger partial charge in [-0.25, -0.2) is 0 Å². The Bertz CT molecular complexity index is 260. The van der Waals surface area contributed by atoms with Crippen molar-refractivity contribution in [3.05, 3.63) is 0 Å². The van der Waals surface area contributed by atoms with E-state index in [1.807, 2.05) is 0 Å². The molecule has 0 aromatic rings. The van der Waals surface area contributed by atoms with Crippen molar-refractivity contribution in [3.63, 3.8) is 0 Å². The lowest BCUT2D eigenvalue weighted by molar-refractivity contribution is 0.259. The second-order valence-electron chi connectivity index (χ2n) is 5.99. The molecular formula is C14H31IN4. The number of hydrogen-bond donors (Lipinski definition) is 1. The minimum atomic E-state index is 0. The van der Waals surface area contributed by atoms with Crippen LogP contribution in [-0.4, -0.2) is 55.5 Å². The lowest BCUT2D eigenvalue weighted by Crippen LogP contribution is -2.42. The van der Waals surface area contributed by atoms with Gasteiger partial charge in [-0.3, -0.25) is 4.99 Å². The zero-order valence-electron chi connectivity index (χ0n) is 12.9. The molecule has 114 valence electrons. The van der Waals surface area contributed by atoms with Crippen molar-refractivity contribution in [2.45, 2.75) is 45.6 Å². The fourth-order valence-corrected chi connectivity index (χ4v) is 2.41. The highest BCUT2D eigenvalue weighted by Crippen LogP contribution is 2.11. The molecule has 0 spiro atoms. The number of aliphatic imine (C=N–C) groups is 1. The molecule has 0 aliphatic carbocycles. The Morgan fingerprint density at radius 3 is 2.26 bits per heavy atom. The van der Waals surface area contributed by atoms with Gasteiger partial charge in [0.1, 0.15) is 0 Å². The Labute approximate surface area is 135 Å². The first kappa shape index (κ1) is 19.0. The molecule has 1 unspecified atom stereocenters. The molecule has 1 aliphatic rings.